The van der Waals surface area contributed by atoms with Crippen molar-refractivity contribution < 1.29 is 13.9 Å². The van der Waals surface area contributed by atoms with Crippen LogP contribution in [-0.4, -0.2) is 36.6 Å². The molecule has 0 N–H and O–H groups in total. The lowest BCUT2D eigenvalue weighted by molar-refractivity contribution is 0.0199. The van der Waals surface area contributed by atoms with Crippen molar-refractivity contribution in [3.63, 3.8) is 0 Å². The Balaban J connectivity index is 1.92. The molecule has 1 aromatic rings. The number of likely N-dealkylation sites (tertiary alicyclic amines) is 1. The Morgan fingerprint density at radius 3 is 2.80 bits per heavy atom. The predicted molar refractivity (Wildman–Crippen MR) is 77.9 cm³/mol. The molecule has 1 saturated heterocycles. The highest BCUT2D eigenvalue weighted by atomic mass is 16.5. The minimum Gasteiger partial charge on any atom is -0.456 e. The largest absolute Gasteiger partial charge is 0.456 e. The number of aryl methyl sites for hydroxylation is 2. The van der Waals surface area contributed by atoms with E-state index in [2.05, 4.69) is 6.58 Å². The van der Waals surface area contributed by atoms with Crippen LogP contribution in [-0.2, 0) is 11.2 Å². The summed E-state index contributed by atoms with van der Waals surface area (Å²) in [6, 6.07) is 1.85. The minimum atomic E-state index is -0.00466. The number of hydrogen-bond acceptors (Lipinski definition) is 3. The molecule has 1 fully saturated rings. The number of amides is 1. The molecule has 0 radical (unpaired) electrons. The van der Waals surface area contributed by atoms with E-state index in [1.54, 1.807) is 6.08 Å². The number of hydrogen-bond donors (Lipinski definition) is 0. The standard InChI is InChI=1S/C16H23NO3/c1-4-10-19-13-6-8-17(9-7-13)16(18)15-11-12(3)14(5-2)20-15/h4,11,13H,1,5-10H2,2-3H3. The van der Waals surface area contributed by atoms with Crippen molar-refractivity contribution in [2.75, 3.05) is 19.7 Å². The molecule has 1 aliphatic rings. The number of piperidine rings is 1. The summed E-state index contributed by atoms with van der Waals surface area (Å²) in [5.74, 6) is 1.36. The molecule has 20 heavy (non-hydrogen) atoms. The average Bonchev–Trinajstić information content (AvgIpc) is 2.86. The molecular formula is C16H23NO3. The molecule has 0 saturated carbocycles. The van der Waals surface area contributed by atoms with Gasteiger partial charge in [-0.25, -0.2) is 0 Å². The maximum Gasteiger partial charge on any atom is 0.289 e. The number of ether oxygens (including phenoxy) is 1. The molecule has 0 atom stereocenters. The fourth-order valence-corrected chi connectivity index (χ4v) is 2.56. The van der Waals surface area contributed by atoms with Gasteiger partial charge < -0.3 is 14.1 Å². The molecule has 4 nitrogen and oxygen atoms in total. The number of carbonyl (C=O) groups excluding carboxylic acids is 1. The van der Waals surface area contributed by atoms with E-state index in [0.717, 1.165) is 43.7 Å². The summed E-state index contributed by atoms with van der Waals surface area (Å²) < 4.78 is 11.3. The summed E-state index contributed by atoms with van der Waals surface area (Å²) in [4.78, 5) is 14.2. The van der Waals surface area contributed by atoms with Crippen LogP contribution >= 0.6 is 0 Å². The zero-order valence-electron chi connectivity index (χ0n) is 12.4. The predicted octanol–water partition coefficient (Wildman–Crippen LogP) is 2.96. The van der Waals surface area contributed by atoms with Crippen molar-refractivity contribution in [1.29, 1.82) is 0 Å². The molecule has 0 bridgehead atoms. The van der Waals surface area contributed by atoms with Crippen LogP contribution in [0.5, 0.6) is 0 Å². The van der Waals surface area contributed by atoms with Gasteiger partial charge in [0.05, 0.1) is 12.7 Å². The third-order valence-corrected chi connectivity index (χ3v) is 3.73. The highest BCUT2D eigenvalue weighted by molar-refractivity contribution is 5.91. The second-order valence-corrected chi connectivity index (χ2v) is 5.18. The van der Waals surface area contributed by atoms with E-state index in [9.17, 15) is 4.79 Å². The maximum atomic E-state index is 12.4. The van der Waals surface area contributed by atoms with Crippen molar-refractivity contribution in [3.8, 4) is 0 Å². The van der Waals surface area contributed by atoms with Gasteiger partial charge in [-0.05, 0) is 31.4 Å². The quantitative estimate of drug-likeness (QED) is 0.777. The SMILES string of the molecule is C=CCOC1CCN(C(=O)c2cc(C)c(CC)o2)CC1. The molecule has 0 aromatic carbocycles. The van der Waals surface area contributed by atoms with Crippen LogP contribution in [0.1, 0.15) is 41.6 Å². The highest BCUT2D eigenvalue weighted by Gasteiger charge is 2.26. The summed E-state index contributed by atoms with van der Waals surface area (Å²) in [5.41, 5.74) is 1.06. The molecule has 1 aromatic heterocycles. The number of carbonyl (C=O) groups is 1. The van der Waals surface area contributed by atoms with Gasteiger partial charge in [-0.1, -0.05) is 13.0 Å². The second kappa shape index (κ2) is 6.75. The van der Waals surface area contributed by atoms with E-state index in [4.69, 9.17) is 9.15 Å². The number of furan rings is 1. The number of rotatable bonds is 5. The monoisotopic (exact) mass is 277 g/mol. The molecular weight excluding hydrogens is 254 g/mol. The van der Waals surface area contributed by atoms with Gasteiger partial charge in [0.15, 0.2) is 5.76 Å². The highest BCUT2D eigenvalue weighted by Crippen LogP contribution is 2.20. The van der Waals surface area contributed by atoms with Crippen LogP contribution < -0.4 is 0 Å². The van der Waals surface area contributed by atoms with Gasteiger partial charge >= 0.3 is 0 Å². The number of nitrogens with zero attached hydrogens (tertiary/aromatic N) is 1. The van der Waals surface area contributed by atoms with Crippen LogP contribution in [0, 0.1) is 6.92 Å². The zero-order chi connectivity index (χ0) is 14.5. The molecule has 1 amide bonds. The molecule has 0 unspecified atom stereocenters. The zero-order valence-corrected chi connectivity index (χ0v) is 12.4. The fourth-order valence-electron chi connectivity index (χ4n) is 2.56. The van der Waals surface area contributed by atoms with Crippen molar-refractivity contribution in [2.45, 2.75) is 39.2 Å². The molecule has 1 aliphatic heterocycles. The summed E-state index contributed by atoms with van der Waals surface area (Å²) in [6.45, 7) is 9.68. The van der Waals surface area contributed by atoms with Crippen molar-refractivity contribution in [2.24, 2.45) is 0 Å². The lowest BCUT2D eigenvalue weighted by atomic mass is 10.1. The normalized spacial score (nSPS) is 16.4. The van der Waals surface area contributed by atoms with Crippen LogP contribution in [0.25, 0.3) is 0 Å². The Morgan fingerprint density at radius 1 is 1.55 bits per heavy atom. The smallest absolute Gasteiger partial charge is 0.289 e. The maximum absolute atomic E-state index is 12.4. The second-order valence-electron chi connectivity index (χ2n) is 5.18. The summed E-state index contributed by atoms with van der Waals surface area (Å²) in [7, 11) is 0. The van der Waals surface area contributed by atoms with Crippen LogP contribution in [0.2, 0.25) is 0 Å². The fraction of sp³-hybridized carbons (Fsp3) is 0.562. The molecule has 110 valence electrons. The topological polar surface area (TPSA) is 42.7 Å². The Morgan fingerprint density at radius 2 is 2.25 bits per heavy atom. The minimum absolute atomic E-state index is 0.00466. The third-order valence-electron chi connectivity index (χ3n) is 3.73. The van der Waals surface area contributed by atoms with E-state index in [1.807, 2.05) is 24.8 Å². The molecule has 4 heteroatoms. The first-order valence-electron chi connectivity index (χ1n) is 7.26. The van der Waals surface area contributed by atoms with E-state index in [1.165, 1.54) is 0 Å². The van der Waals surface area contributed by atoms with Gasteiger partial charge in [-0.3, -0.25) is 4.79 Å². The summed E-state index contributed by atoms with van der Waals surface area (Å²) >= 11 is 0. The summed E-state index contributed by atoms with van der Waals surface area (Å²) in [5, 5.41) is 0. The first kappa shape index (κ1) is 14.9. The molecule has 2 heterocycles. The van der Waals surface area contributed by atoms with Crippen LogP contribution in [0.3, 0.4) is 0 Å². The van der Waals surface area contributed by atoms with E-state index >= 15 is 0 Å². The lowest BCUT2D eigenvalue weighted by Crippen LogP contribution is -2.40. The van der Waals surface area contributed by atoms with Gasteiger partial charge in [-0.15, -0.1) is 6.58 Å². The molecule has 2 rings (SSSR count). The van der Waals surface area contributed by atoms with Gasteiger partial charge in [0, 0.05) is 19.5 Å². The Labute approximate surface area is 120 Å². The summed E-state index contributed by atoms with van der Waals surface area (Å²) in [6.07, 6.45) is 4.56. The van der Waals surface area contributed by atoms with E-state index < -0.39 is 0 Å². The van der Waals surface area contributed by atoms with Crippen molar-refractivity contribution in [1.82, 2.24) is 4.90 Å². The van der Waals surface area contributed by atoms with Crippen molar-refractivity contribution >= 4 is 5.91 Å². The van der Waals surface area contributed by atoms with Crippen LogP contribution in [0.15, 0.2) is 23.1 Å². The molecule has 0 aliphatic carbocycles. The third kappa shape index (κ3) is 3.31. The first-order valence-corrected chi connectivity index (χ1v) is 7.26. The van der Waals surface area contributed by atoms with Gasteiger partial charge in [0.2, 0.25) is 0 Å². The lowest BCUT2D eigenvalue weighted by Gasteiger charge is -2.31. The van der Waals surface area contributed by atoms with E-state index in [-0.39, 0.29) is 12.0 Å². The average molecular weight is 277 g/mol. The van der Waals surface area contributed by atoms with Gasteiger partial charge in [-0.2, -0.15) is 0 Å². The van der Waals surface area contributed by atoms with Gasteiger partial charge in [0.1, 0.15) is 5.76 Å². The van der Waals surface area contributed by atoms with Gasteiger partial charge in [0.25, 0.3) is 5.91 Å². The van der Waals surface area contributed by atoms with Crippen molar-refractivity contribution in [3.05, 3.63) is 35.8 Å². The Kier molecular flexibility index (Phi) is 5.01. The first-order chi connectivity index (χ1) is 9.65. The molecule has 0 spiro atoms. The Bertz CT molecular complexity index is 470. The van der Waals surface area contributed by atoms with Crippen LogP contribution in [0.4, 0.5) is 0 Å². The Hall–Kier alpha value is -1.55. The van der Waals surface area contributed by atoms with E-state index in [0.29, 0.717) is 12.4 Å².